The lowest BCUT2D eigenvalue weighted by atomic mass is 9.84. The molecule has 2 aliphatic rings. The summed E-state index contributed by atoms with van der Waals surface area (Å²) >= 11 is 0. The molecule has 2 fully saturated rings. The molecule has 0 aliphatic carbocycles. The molecular weight excluding hydrogens is 358 g/mol. The van der Waals surface area contributed by atoms with Crippen molar-refractivity contribution in [2.45, 2.75) is 52.1 Å². The van der Waals surface area contributed by atoms with Gasteiger partial charge in [-0.25, -0.2) is 0 Å². The van der Waals surface area contributed by atoms with Crippen LogP contribution < -0.4 is 4.74 Å². The molecule has 0 radical (unpaired) electrons. The Morgan fingerprint density at radius 1 is 1.25 bits per heavy atom. The average Bonchev–Trinajstić information content (AvgIpc) is 3.16. The van der Waals surface area contributed by atoms with Gasteiger partial charge in [0.1, 0.15) is 5.75 Å². The van der Waals surface area contributed by atoms with Gasteiger partial charge in [-0.05, 0) is 55.2 Å². The fourth-order valence-electron chi connectivity index (χ4n) is 4.29. The Hall–Kier alpha value is -2.08. The van der Waals surface area contributed by atoms with E-state index in [0.717, 1.165) is 29.7 Å². The highest BCUT2D eigenvalue weighted by Crippen LogP contribution is 2.33. The van der Waals surface area contributed by atoms with Crippen molar-refractivity contribution < 1.29 is 24.2 Å². The van der Waals surface area contributed by atoms with Crippen molar-refractivity contribution >= 4 is 11.9 Å². The summed E-state index contributed by atoms with van der Waals surface area (Å²) in [5.41, 5.74) is 2.22. The Bertz CT molecular complexity index is 709. The number of aryl methyl sites for hydroxylation is 1. The fraction of sp³-hybridized carbons (Fsp3) is 0.636. The van der Waals surface area contributed by atoms with E-state index in [9.17, 15) is 14.7 Å². The Labute approximate surface area is 166 Å². The van der Waals surface area contributed by atoms with Crippen molar-refractivity contribution in [3.8, 4) is 5.75 Å². The number of hydrogen-bond donors (Lipinski definition) is 1. The SMILES string of the molecule is Cc1ccc(C(C)C)c(OCC(=O)N2CCC([C@@H]3OCCC3C(=O)O)CC2)c1. The zero-order valence-corrected chi connectivity index (χ0v) is 17.0. The van der Waals surface area contributed by atoms with Gasteiger partial charge in [0.25, 0.3) is 5.91 Å². The van der Waals surface area contributed by atoms with Crippen LogP contribution in [0.2, 0.25) is 0 Å². The minimum atomic E-state index is -0.770. The van der Waals surface area contributed by atoms with E-state index in [4.69, 9.17) is 9.47 Å². The van der Waals surface area contributed by atoms with Crippen molar-refractivity contribution in [2.24, 2.45) is 11.8 Å². The van der Waals surface area contributed by atoms with Gasteiger partial charge in [0.15, 0.2) is 6.61 Å². The van der Waals surface area contributed by atoms with Crippen LogP contribution in [0.1, 0.15) is 50.2 Å². The van der Waals surface area contributed by atoms with Gasteiger partial charge >= 0.3 is 5.97 Å². The van der Waals surface area contributed by atoms with Crippen LogP contribution in [-0.2, 0) is 14.3 Å². The maximum absolute atomic E-state index is 12.6. The third-order valence-corrected chi connectivity index (χ3v) is 5.95. The van der Waals surface area contributed by atoms with Crippen LogP contribution in [0.5, 0.6) is 5.75 Å². The molecule has 2 saturated heterocycles. The standard InChI is InChI=1S/C22H31NO5/c1-14(2)17-5-4-15(3)12-19(17)28-13-20(24)23-9-6-16(7-10-23)21-18(22(25)26)8-11-27-21/h4-5,12,14,16,18,21H,6-11,13H2,1-3H3,(H,25,26)/t18?,21-/m0/s1. The number of ether oxygens (including phenoxy) is 2. The van der Waals surface area contributed by atoms with Crippen molar-refractivity contribution in [2.75, 3.05) is 26.3 Å². The van der Waals surface area contributed by atoms with E-state index in [1.165, 1.54) is 0 Å². The minimum absolute atomic E-state index is 0.0169. The highest BCUT2D eigenvalue weighted by atomic mass is 16.5. The number of likely N-dealkylation sites (tertiary alicyclic amines) is 1. The number of aliphatic carboxylic acids is 1. The maximum Gasteiger partial charge on any atom is 0.309 e. The number of benzene rings is 1. The van der Waals surface area contributed by atoms with E-state index < -0.39 is 11.9 Å². The molecule has 6 heteroatoms. The summed E-state index contributed by atoms with van der Waals surface area (Å²) in [4.78, 5) is 25.8. The fourth-order valence-corrected chi connectivity index (χ4v) is 4.29. The maximum atomic E-state index is 12.6. The number of nitrogens with zero attached hydrogens (tertiary/aromatic N) is 1. The molecule has 2 atom stereocenters. The molecule has 1 amide bonds. The number of carbonyl (C=O) groups excluding carboxylic acids is 1. The van der Waals surface area contributed by atoms with Gasteiger partial charge in [-0.3, -0.25) is 9.59 Å². The van der Waals surface area contributed by atoms with Gasteiger partial charge in [-0.15, -0.1) is 0 Å². The summed E-state index contributed by atoms with van der Waals surface area (Å²) in [5.74, 6) is 0.117. The minimum Gasteiger partial charge on any atom is -0.483 e. The van der Waals surface area contributed by atoms with E-state index >= 15 is 0 Å². The van der Waals surface area contributed by atoms with E-state index in [1.807, 2.05) is 17.9 Å². The van der Waals surface area contributed by atoms with Gasteiger partial charge in [0.05, 0.1) is 12.0 Å². The number of piperidine rings is 1. The molecule has 2 aliphatic heterocycles. The first-order valence-corrected chi connectivity index (χ1v) is 10.2. The van der Waals surface area contributed by atoms with E-state index in [1.54, 1.807) is 0 Å². The molecule has 3 rings (SSSR count). The quantitative estimate of drug-likeness (QED) is 0.808. The molecule has 1 N–H and O–H groups in total. The average molecular weight is 389 g/mol. The van der Waals surface area contributed by atoms with E-state index in [2.05, 4.69) is 26.0 Å². The first-order chi connectivity index (χ1) is 13.4. The normalized spacial score (nSPS) is 23.2. The number of hydrogen-bond acceptors (Lipinski definition) is 4. The lowest BCUT2D eigenvalue weighted by Gasteiger charge is -2.35. The second kappa shape index (κ2) is 8.95. The molecule has 28 heavy (non-hydrogen) atoms. The summed E-state index contributed by atoms with van der Waals surface area (Å²) in [5, 5.41) is 9.35. The van der Waals surface area contributed by atoms with Crippen LogP contribution in [0, 0.1) is 18.8 Å². The lowest BCUT2D eigenvalue weighted by Crippen LogP contribution is -2.44. The number of carboxylic acids is 1. The molecule has 154 valence electrons. The second-order valence-electron chi connectivity index (χ2n) is 8.27. The van der Waals surface area contributed by atoms with E-state index in [0.29, 0.717) is 32.0 Å². The Balaban J connectivity index is 1.52. The summed E-state index contributed by atoms with van der Waals surface area (Å²) in [6.45, 7) is 8.04. The first kappa shape index (κ1) is 20.6. The van der Waals surface area contributed by atoms with Crippen LogP contribution >= 0.6 is 0 Å². The summed E-state index contributed by atoms with van der Waals surface area (Å²) in [6, 6.07) is 6.11. The number of carboxylic acid groups (broad SMARTS) is 1. The predicted octanol–water partition coefficient (Wildman–Crippen LogP) is 3.23. The summed E-state index contributed by atoms with van der Waals surface area (Å²) in [7, 11) is 0. The van der Waals surface area contributed by atoms with Crippen LogP contribution in [0.15, 0.2) is 18.2 Å². The third kappa shape index (κ3) is 4.66. The van der Waals surface area contributed by atoms with Gasteiger partial charge in [0, 0.05) is 19.7 Å². The van der Waals surface area contributed by atoms with Gasteiger partial charge in [-0.1, -0.05) is 26.0 Å². The highest BCUT2D eigenvalue weighted by molar-refractivity contribution is 5.78. The zero-order valence-electron chi connectivity index (χ0n) is 17.0. The van der Waals surface area contributed by atoms with Gasteiger partial charge in [0.2, 0.25) is 0 Å². The number of carbonyl (C=O) groups is 2. The molecule has 0 aromatic heterocycles. The smallest absolute Gasteiger partial charge is 0.309 e. The first-order valence-electron chi connectivity index (χ1n) is 10.2. The highest BCUT2D eigenvalue weighted by Gasteiger charge is 2.40. The zero-order chi connectivity index (χ0) is 20.3. The second-order valence-corrected chi connectivity index (χ2v) is 8.27. The van der Waals surface area contributed by atoms with Crippen LogP contribution in [0.3, 0.4) is 0 Å². The van der Waals surface area contributed by atoms with Crippen LogP contribution in [0.4, 0.5) is 0 Å². The molecule has 1 aromatic rings. The van der Waals surface area contributed by atoms with Gasteiger partial charge in [-0.2, -0.15) is 0 Å². The number of amides is 1. The Morgan fingerprint density at radius 2 is 1.96 bits per heavy atom. The van der Waals surface area contributed by atoms with Crippen LogP contribution in [0.25, 0.3) is 0 Å². The summed E-state index contributed by atoms with van der Waals surface area (Å²) in [6.07, 6.45) is 1.93. The Morgan fingerprint density at radius 3 is 2.61 bits per heavy atom. The predicted molar refractivity (Wildman–Crippen MR) is 106 cm³/mol. The number of rotatable bonds is 6. The largest absolute Gasteiger partial charge is 0.483 e. The molecule has 6 nitrogen and oxygen atoms in total. The molecule has 1 unspecified atom stereocenters. The molecular formula is C22H31NO5. The Kier molecular flexibility index (Phi) is 6.60. The van der Waals surface area contributed by atoms with Crippen LogP contribution in [-0.4, -0.2) is 54.3 Å². The van der Waals surface area contributed by atoms with Gasteiger partial charge < -0.3 is 19.5 Å². The molecule has 0 bridgehead atoms. The van der Waals surface area contributed by atoms with Crippen molar-refractivity contribution in [3.05, 3.63) is 29.3 Å². The summed E-state index contributed by atoms with van der Waals surface area (Å²) < 4.78 is 11.6. The van der Waals surface area contributed by atoms with Crippen molar-refractivity contribution in [1.82, 2.24) is 4.90 Å². The molecule has 2 heterocycles. The molecule has 0 saturated carbocycles. The molecule has 1 aromatic carbocycles. The van der Waals surface area contributed by atoms with E-state index in [-0.39, 0.29) is 24.5 Å². The van der Waals surface area contributed by atoms with Crippen molar-refractivity contribution in [1.29, 1.82) is 0 Å². The molecule has 0 spiro atoms. The van der Waals surface area contributed by atoms with Crippen molar-refractivity contribution in [3.63, 3.8) is 0 Å². The lowest BCUT2D eigenvalue weighted by molar-refractivity contribution is -0.146. The third-order valence-electron chi connectivity index (χ3n) is 5.95. The topological polar surface area (TPSA) is 76.1 Å². The monoisotopic (exact) mass is 389 g/mol.